The zero-order valence-corrected chi connectivity index (χ0v) is 19.2. The van der Waals surface area contributed by atoms with Crippen LogP contribution >= 0.6 is 0 Å². The van der Waals surface area contributed by atoms with Crippen molar-refractivity contribution in [1.29, 1.82) is 0 Å². The van der Waals surface area contributed by atoms with Crippen LogP contribution in [0, 0.1) is 46.3 Å². The maximum atomic E-state index is 10.9. The number of aliphatic hydroxyl groups excluding tert-OH is 1. The second-order valence-corrected chi connectivity index (χ2v) is 11.8. The molecule has 8 atom stereocenters. The molecule has 4 aliphatic rings. The van der Waals surface area contributed by atoms with Gasteiger partial charge in [-0.3, -0.25) is 4.79 Å². The fraction of sp³-hybridized carbons (Fsp3) is 0.889. The molecule has 1 N–H and O–H groups in total. The quantitative estimate of drug-likeness (QED) is 0.285. The number of hydrogen-bond acceptors (Lipinski definition) is 2. The Balaban J connectivity index is 1.43. The highest BCUT2D eigenvalue weighted by atomic mass is 16.2. The van der Waals surface area contributed by atoms with Crippen molar-refractivity contribution in [2.24, 2.45) is 46.3 Å². The summed E-state index contributed by atoms with van der Waals surface area (Å²) in [6.07, 6.45) is 19.5. The topological polar surface area (TPSA) is 37.3 Å². The van der Waals surface area contributed by atoms with Crippen LogP contribution < -0.4 is 0 Å². The molecular formula is C27H44O2. The standard InChI is InChI=1S/C27H44O2/c1-19(7-6-8-20(17-28)18-29)23-12-13-24-22-11-10-21-9-4-5-15-26(21,2)25(22)14-16-27(23,24)3/h17-19,21-25,28H,4-16H2,1-3H3/t19?,21?,22-,23+,24-,25-,26-,27+/m0/s1. The lowest BCUT2D eigenvalue weighted by Gasteiger charge is -2.61. The predicted molar refractivity (Wildman–Crippen MR) is 120 cm³/mol. The van der Waals surface area contributed by atoms with Crippen molar-refractivity contribution in [3.05, 3.63) is 11.8 Å². The Hall–Kier alpha value is -0.790. The summed E-state index contributed by atoms with van der Waals surface area (Å²) in [5, 5.41) is 9.12. The van der Waals surface area contributed by atoms with Crippen molar-refractivity contribution < 1.29 is 9.90 Å². The highest BCUT2D eigenvalue weighted by Crippen LogP contribution is 2.68. The highest BCUT2D eigenvalue weighted by molar-refractivity contribution is 5.72. The molecule has 2 nitrogen and oxygen atoms in total. The van der Waals surface area contributed by atoms with E-state index in [2.05, 4.69) is 20.8 Å². The number of aliphatic hydroxyl groups is 1. The minimum atomic E-state index is 0.540. The van der Waals surface area contributed by atoms with Gasteiger partial charge >= 0.3 is 0 Å². The third-order valence-corrected chi connectivity index (χ3v) is 10.8. The number of allylic oxidation sites excluding steroid dienone is 1. The molecule has 0 spiro atoms. The third kappa shape index (κ3) is 3.61. The van der Waals surface area contributed by atoms with Gasteiger partial charge in [0.1, 0.15) is 6.29 Å². The SMILES string of the molecule is CC(CCCC(C=O)=CO)[C@H]1CC[C@H]2[C@@H]3CCC4CCCC[C@]4(C)[C@H]3CC[C@]12C. The van der Waals surface area contributed by atoms with E-state index in [0.717, 1.165) is 60.9 Å². The molecule has 4 aliphatic carbocycles. The molecule has 4 fully saturated rings. The van der Waals surface area contributed by atoms with Crippen molar-refractivity contribution in [2.75, 3.05) is 0 Å². The van der Waals surface area contributed by atoms with Gasteiger partial charge in [-0.05, 0) is 111 Å². The minimum Gasteiger partial charge on any atom is -0.515 e. The molecule has 0 aliphatic heterocycles. The molecule has 0 amide bonds. The summed E-state index contributed by atoms with van der Waals surface area (Å²) in [6, 6.07) is 0. The molecule has 4 saturated carbocycles. The maximum absolute atomic E-state index is 10.9. The van der Waals surface area contributed by atoms with Crippen LogP contribution in [-0.2, 0) is 4.79 Å². The van der Waals surface area contributed by atoms with E-state index in [1.807, 2.05) is 0 Å². The van der Waals surface area contributed by atoms with Gasteiger partial charge in [0.05, 0.1) is 6.26 Å². The first-order valence-corrected chi connectivity index (χ1v) is 12.7. The molecule has 2 unspecified atom stereocenters. The van der Waals surface area contributed by atoms with E-state index in [1.54, 1.807) is 0 Å². The van der Waals surface area contributed by atoms with Crippen molar-refractivity contribution in [2.45, 2.75) is 104 Å². The fourth-order valence-electron chi connectivity index (χ4n) is 9.25. The number of aldehydes is 1. The van der Waals surface area contributed by atoms with E-state index in [1.165, 1.54) is 70.6 Å². The highest BCUT2D eigenvalue weighted by Gasteiger charge is 2.59. The Morgan fingerprint density at radius 2 is 1.79 bits per heavy atom. The number of hydrogen-bond donors (Lipinski definition) is 1. The molecule has 2 heteroatoms. The monoisotopic (exact) mass is 400 g/mol. The van der Waals surface area contributed by atoms with Crippen molar-refractivity contribution in [3.8, 4) is 0 Å². The van der Waals surface area contributed by atoms with Gasteiger partial charge in [-0.2, -0.15) is 0 Å². The average Bonchev–Trinajstić information content (AvgIpc) is 3.08. The Kier molecular flexibility index (Phi) is 6.20. The molecule has 0 aromatic heterocycles. The fourth-order valence-corrected chi connectivity index (χ4v) is 9.25. The largest absolute Gasteiger partial charge is 0.515 e. The first-order valence-electron chi connectivity index (χ1n) is 12.7. The molecular weight excluding hydrogens is 356 g/mol. The number of carbonyl (C=O) groups excluding carboxylic acids is 1. The van der Waals surface area contributed by atoms with E-state index >= 15 is 0 Å². The van der Waals surface area contributed by atoms with Crippen molar-refractivity contribution in [3.63, 3.8) is 0 Å². The summed E-state index contributed by atoms with van der Waals surface area (Å²) in [4.78, 5) is 10.9. The van der Waals surface area contributed by atoms with Gasteiger partial charge in [0.25, 0.3) is 0 Å². The smallest absolute Gasteiger partial charge is 0.149 e. The molecule has 0 bridgehead atoms. The lowest BCUT2D eigenvalue weighted by Crippen LogP contribution is -2.53. The van der Waals surface area contributed by atoms with E-state index in [9.17, 15) is 4.79 Å². The van der Waals surface area contributed by atoms with Crippen LogP contribution in [0.25, 0.3) is 0 Å². The second kappa shape index (κ2) is 8.39. The molecule has 0 radical (unpaired) electrons. The zero-order chi connectivity index (χ0) is 20.6. The van der Waals surface area contributed by atoms with Crippen LogP contribution in [0.4, 0.5) is 0 Å². The molecule has 164 valence electrons. The van der Waals surface area contributed by atoms with Crippen LogP contribution in [0.2, 0.25) is 0 Å². The van der Waals surface area contributed by atoms with Crippen molar-refractivity contribution >= 4 is 6.29 Å². The van der Waals surface area contributed by atoms with E-state index in [0.29, 0.717) is 16.4 Å². The minimum absolute atomic E-state index is 0.540. The lowest BCUT2D eigenvalue weighted by atomic mass is 9.44. The van der Waals surface area contributed by atoms with Crippen LogP contribution in [0.15, 0.2) is 11.8 Å². The number of rotatable bonds is 6. The molecule has 0 saturated heterocycles. The van der Waals surface area contributed by atoms with Crippen LogP contribution in [-0.4, -0.2) is 11.4 Å². The Bertz CT molecular complexity index is 624. The first kappa shape index (κ1) is 21.4. The van der Waals surface area contributed by atoms with Crippen molar-refractivity contribution in [1.82, 2.24) is 0 Å². The van der Waals surface area contributed by atoms with Gasteiger partial charge in [0, 0.05) is 5.57 Å². The Morgan fingerprint density at radius 3 is 2.55 bits per heavy atom. The predicted octanol–water partition coefficient (Wildman–Crippen LogP) is 7.48. The third-order valence-electron chi connectivity index (χ3n) is 10.8. The van der Waals surface area contributed by atoms with E-state index < -0.39 is 0 Å². The maximum Gasteiger partial charge on any atom is 0.149 e. The van der Waals surface area contributed by atoms with E-state index in [-0.39, 0.29) is 0 Å². The van der Waals surface area contributed by atoms with Gasteiger partial charge in [0.15, 0.2) is 0 Å². The Morgan fingerprint density at radius 1 is 1.00 bits per heavy atom. The van der Waals surface area contributed by atoms with Crippen LogP contribution in [0.3, 0.4) is 0 Å². The second-order valence-electron chi connectivity index (χ2n) is 11.8. The summed E-state index contributed by atoms with van der Waals surface area (Å²) < 4.78 is 0. The summed E-state index contributed by atoms with van der Waals surface area (Å²) in [7, 11) is 0. The van der Waals surface area contributed by atoms with Gasteiger partial charge in [-0.15, -0.1) is 0 Å². The number of fused-ring (bicyclic) bond motifs is 5. The lowest BCUT2D eigenvalue weighted by molar-refractivity contribution is -0.114. The van der Waals surface area contributed by atoms with Gasteiger partial charge in [0.2, 0.25) is 0 Å². The van der Waals surface area contributed by atoms with Crippen LogP contribution in [0.1, 0.15) is 104 Å². The summed E-state index contributed by atoms with van der Waals surface area (Å²) in [5.74, 6) is 5.54. The molecule has 0 heterocycles. The van der Waals surface area contributed by atoms with Gasteiger partial charge in [-0.25, -0.2) is 0 Å². The molecule has 29 heavy (non-hydrogen) atoms. The zero-order valence-electron chi connectivity index (χ0n) is 19.2. The molecule has 4 rings (SSSR count). The van der Waals surface area contributed by atoms with E-state index in [4.69, 9.17) is 5.11 Å². The first-order chi connectivity index (χ1) is 13.9. The number of carbonyl (C=O) groups is 1. The summed E-state index contributed by atoms with van der Waals surface area (Å²) >= 11 is 0. The summed E-state index contributed by atoms with van der Waals surface area (Å²) in [6.45, 7) is 7.81. The summed E-state index contributed by atoms with van der Waals surface area (Å²) in [5.41, 5.74) is 1.73. The molecule has 0 aromatic carbocycles. The normalized spacial score (nSPS) is 45.8. The average molecular weight is 401 g/mol. The van der Waals surface area contributed by atoms with Crippen LogP contribution in [0.5, 0.6) is 0 Å². The Labute approximate surface area is 178 Å². The molecule has 0 aromatic rings. The van der Waals surface area contributed by atoms with Gasteiger partial charge < -0.3 is 5.11 Å². The van der Waals surface area contributed by atoms with Gasteiger partial charge in [-0.1, -0.05) is 40.0 Å².